The van der Waals surface area contributed by atoms with Gasteiger partial charge < -0.3 is 54.7 Å². The Hall–Kier alpha value is -8.14. The molecule has 2 aliphatic carbocycles. The molecule has 0 unspecified atom stereocenters. The van der Waals surface area contributed by atoms with Crippen LogP contribution >= 0.6 is 0 Å². The number of fused-ring (bicyclic) bond motifs is 10. The van der Waals surface area contributed by atoms with Crippen LogP contribution in [0.15, 0.2) is 97.1 Å². The van der Waals surface area contributed by atoms with Gasteiger partial charge in [-0.25, -0.2) is 37.1 Å². The van der Waals surface area contributed by atoms with E-state index in [0.29, 0.717) is 43.0 Å². The maximum absolute atomic E-state index is 15.2. The van der Waals surface area contributed by atoms with Crippen LogP contribution in [0.4, 0.5) is 27.2 Å². The van der Waals surface area contributed by atoms with Crippen LogP contribution in [-0.4, -0.2) is 151 Å². The molecule has 12 rings (SSSR count). The SMILES string of the molecule is CC(C)(C)OC(=O)N[C@H]1CCCCCC(F)(F)C[C@@H]2C[C@@]2(C(=O)O)CC(=O)[C@@H]2C[C@@H](Oc3nc4ccccc4c4ccccc34)CN2C1=O.CCOC(=O)[C@]12CC(=O)[C@@H]3C[C@@H](Oc4nc5ccccc5c5ccccc45)CN3C(=O)[C@@H](NC(=O)OC(C)(C)C)CCCCCC(F)(F)C[C@@H]1C2.[Li+].[OH3+]. The fourth-order valence-corrected chi connectivity index (χ4v) is 15.2. The number of hydrogen-bond donors (Lipinski definition) is 3. The second-order valence-electron chi connectivity index (χ2n) is 30.1. The number of alkyl halides is 4. The van der Waals surface area contributed by atoms with Crippen molar-refractivity contribution in [2.24, 2.45) is 22.7 Å². The van der Waals surface area contributed by atoms with Crippen LogP contribution in [0.25, 0.3) is 43.4 Å². The zero-order valence-corrected chi connectivity index (χ0v) is 59.3. The number of carbonyl (C=O) groups is 8. The number of aromatic nitrogens is 2. The number of ketones is 2. The number of carboxylic acid groups (broad SMARTS) is 1. The predicted octanol–water partition coefficient (Wildman–Crippen LogP) is 9.90. The number of aliphatic carboxylic acids is 1. The Morgan fingerprint density at radius 1 is 0.539 bits per heavy atom. The number of Topliss-reactive ketones (excluding diaryl/α,β-unsaturated/α-hetero) is 2. The smallest absolute Gasteiger partial charge is 0.481 e. The number of para-hydroxylation sites is 2. The van der Waals surface area contributed by atoms with Crippen molar-refractivity contribution in [1.29, 1.82) is 0 Å². The zero-order chi connectivity index (χ0) is 71.7. The van der Waals surface area contributed by atoms with Gasteiger partial charge in [0.15, 0.2) is 11.6 Å². The van der Waals surface area contributed by atoms with Crippen molar-refractivity contribution in [1.82, 2.24) is 30.4 Å². The van der Waals surface area contributed by atoms with E-state index >= 15 is 8.78 Å². The zero-order valence-electron chi connectivity index (χ0n) is 59.3. The second-order valence-corrected chi connectivity index (χ2v) is 30.1. The quantitative estimate of drug-likeness (QED) is 0.0303. The largest absolute Gasteiger partial charge is 1.00 e. The van der Waals surface area contributed by atoms with E-state index in [-0.39, 0.29) is 108 Å². The van der Waals surface area contributed by atoms with Crippen LogP contribution in [-0.2, 0) is 48.5 Å². The number of halogens is 4. The summed E-state index contributed by atoms with van der Waals surface area (Å²) in [5, 5.41) is 20.8. The first-order chi connectivity index (χ1) is 47.3. The number of hydrogen-bond acceptors (Lipinski definition) is 15. The topological polar surface area (TPSA) is 292 Å². The molecule has 544 valence electrons. The van der Waals surface area contributed by atoms with Crippen LogP contribution in [0.5, 0.6) is 11.8 Å². The number of nitrogens with zero attached hydrogens (tertiary/aromatic N) is 4. The molecule has 6 aliphatic rings. The molecule has 0 spiro atoms. The Morgan fingerprint density at radius 2 is 0.912 bits per heavy atom. The number of benzene rings is 4. The molecule has 21 nitrogen and oxygen atoms in total. The third-order valence-corrected chi connectivity index (χ3v) is 20.2. The van der Waals surface area contributed by atoms with Crippen LogP contribution in [0.1, 0.15) is 164 Å². The number of nitrogens with one attached hydrogen (secondary N) is 2. The third-order valence-electron chi connectivity index (χ3n) is 20.2. The van der Waals surface area contributed by atoms with E-state index in [1.807, 2.05) is 97.1 Å². The molecule has 6 aromatic rings. The Bertz CT molecular complexity index is 4110. The minimum Gasteiger partial charge on any atom is -0.481 e. The van der Waals surface area contributed by atoms with E-state index in [1.54, 1.807) is 48.5 Å². The molecular formula is C76H93F4LiN6O15+2. The van der Waals surface area contributed by atoms with E-state index in [9.17, 15) is 52.2 Å². The molecule has 0 bridgehead atoms. The first kappa shape index (κ1) is 78.0. The molecule has 6 N–H and O–H groups in total. The number of carboxylic acids is 1. The predicted molar refractivity (Wildman–Crippen MR) is 369 cm³/mol. The fourth-order valence-electron chi connectivity index (χ4n) is 15.2. The number of pyridine rings is 2. The first-order valence-electron chi connectivity index (χ1n) is 35.1. The van der Waals surface area contributed by atoms with Gasteiger partial charge in [-0.3, -0.25) is 28.8 Å². The van der Waals surface area contributed by atoms with Gasteiger partial charge in [0.2, 0.25) is 35.4 Å². The monoisotopic (exact) mass is 1410 g/mol. The maximum Gasteiger partial charge on any atom is 1.00 e. The van der Waals surface area contributed by atoms with Crippen molar-refractivity contribution >= 4 is 90.9 Å². The molecule has 6 fully saturated rings. The van der Waals surface area contributed by atoms with Gasteiger partial charge in [0.05, 0.1) is 53.6 Å². The summed E-state index contributed by atoms with van der Waals surface area (Å²) in [4.78, 5) is 121. The van der Waals surface area contributed by atoms with E-state index in [4.69, 9.17) is 33.7 Å². The number of rotatable bonds is 9. The van der Waals surface area contributed by atoms with Crippen LogP contribution in [0.2, 0.25) is 0 Å². The molecule has 26 heteroatoms. The molecule has 102 heavy (non-hydrogen) atoms. The summed E-state index contributed by atoms with van der Waals surface area (Å²) in [6.07, 6.45) is -3.28. The van der Waals surface area contributed by atoms with Crippen molar-refractivity contribution in [3.05, 3.63) is 97.1 Å². The van der Waals surface area contributed by atoms with E-state index in [0.717, 1.165) is 37.8 Å². The van der Waals surface area contributed by atoms with Crippen molar-refractivity contribution < 1.29 is 109 Å². The van der Waals surface area contributed by atoms with Crippen molar-refractivity contribution in [2.45, 2.75) is 223 Å². The summed E-state index contributed by atoms with van der Waals surface area (Å²) in [5.41, 5.74) is -3.24. The Kier molecular flexibility index (Phi) is 24.0. The van der Waals surface area contributed by atoms with Gasteiger partial charge in [0.1, 0.15) is 35.5 Å². The Labute approximate surface area is 602 Å². The van der Waals surface area contributed by atoms with E-state index in [1.165, 1.54) is 9.80 Å². The van der Waals surface area contributed by atoms with Crippen LogP contribution in [0.3, 0.4) is 0 Å². The maximum atomic E-state index is 15.2. The average Bonchev–Trinajstić information content (AvgIpc) is 1.57. The summed E-state index contributed by atoms with van der Waals surface area (Å²) in [5.74, 6) is -10.9. The molecule has 4 aromatic carbocycles. The fraction of sp³-hybridized carbons (Fsp3) is 0.553. The molecule has 0 radical (unpaired) electrons. The van der Waals surface area contributed by atoms with Gasteiger partial charge >= 0.3 is 43.0 Å². The Balaban J connectivity index is 0.000000233. The minimum absolute atomic E-state index is 0. The van der Waals surface area contributed by atoms with Gasteiger partial charge in [-0.05, 0) is 134 Å². The van der Waals surface area contributed by atoms with E-state index in [2.05, 4.69) is 10.6 Å². The molecule has 4 amide bonds. The molecule has 6 heterocycles. The Morgan fingerprint density at radius 3 is 1.31 bits per heavy atom. The summed E-state index contributed by atoms with van der Waals surface area (Å²) in [7, 11) is 0. The third kappa shape index (κ3) is 18.1. The van der Waals surface area contributed by atoms with E-state index < -0.39 is 155 Å². The van der Waals surface area contributed by atoms with Crippen molar-refractivity contribution in [3.8, 4) is 11.8 Å². The molecule has 4 saturated heterocycles. The summed E-state index contributed by atoms with van der Waals surface area (Å²) in [6, 6.07) is 26.4. The van der Waals surface area contributed by atoms with Gasteiger partial charge in [-0.15, -0.1) is 0 Å². The van der Waals surface area contributed by atoms with Gasteiger partial charge in [-0.1, -0.05) is 98.5 Å². The number of ether oxygens (including phenoxy) is 5. The number of alkyl carbamates (subject to hydrolysis) is 2. The minimum atomic E-state index is -3.08. The second kappa shape index (κ2) is 31.4. The number of amides is 4. The van der Waals surface area contributed by atoms with Crippen LogP contribution < -0.4 is 39.0 Å². The molecule has 2 aromatic heterocycles. The first-order valence-corrected chi connectivity index (χ1v) is 35.1. The van der Waals surface area contributed by atoms with Crippen molar-refractivity contribution in [2.75, 3.05) is 19.7 Å². The molecule has 2 saturated carbocycles. The van der Waals surface area contributed by atoms with Gasteiger partial charge in [-0.2, -0.15) is 0 Å². The molecular weight excluding hydrogens is 1320 g/mol. The van der Waals surface area contributed by atoms with Crippen molar-refractivity contribution in [3.63, 3.8) is 0 Å². The average molecular weight is 1410 g/mol. The van der Waals surface area contributed by atoms with Crippen LogP contribution in [0, 0.1) is 22.7 Å². The molecule has 10 atom stereocenters. The number of esters is 1. The van der Waals surface area contributed by atoms with Gasteiger partial charge in [0.25, 0.3) is 0 Å². The van der Waals surface area contributed by atoms with Gasteiger partial charge in [0, 0.05) is 72.9 Å². The summed E-state index contributed by atoms with van der Waals surface area (Å²) < 4.78 is 89.6. The summed E-state index contributed by atoms with van der Waals surface area (Å²) in [6.45, 7) is 11.9. The number of carbonyl (C=O) groups excluding carboxylic acids is 7. The standard InChI is InChI=1S/C39H47F2N3O7.C37H43F2N3O7.Li.H2O/c1-5-49-35(47)38-20-24(38)21-39(40,41)18-12-6-7-17-30(43-36(48)51-37(2,3)4)34(46)44-23-25(19-31(44)32(45)22-38)50-33-28-15-9-8-13-26(28)27-14-10-11-16-29(27)42-33;1-35(2,3)49-34(47)41-28-15-5-4-10-16-37(38,39)19-22-18-36(22,33(45)46)20-30(43)29-17-23(21-42(29)32(28)44)48-31-26-13-7-6-11-24(26)25-12-8-9-14-27(25)40-31;;/h8-11,13-16,24-25,30-31H,5-7,12,17-23H2,1-4H3,(H,43,48);6-9,11-14,22-23,28-29H,4-5,10,15-21H2,1-3H3,(H,41,47)(H,45,46);;1H2/q;;+1;/p+1/t24-,25+,30-,31-,38+;22-,23+,28-,29-,36+;;/m00../s1. The molecule has 4 aliphatic heterocycles. The normalized spacial score (nSPS) is 26.9. The summed E-state index contributed by atoms with van der Waals surface area (Å²) >= 11 is 0.